The zero-order valence-corrected chi connectivity index (χ0v) is 26.0. The molecule has 1 aliphatic carbocycles. The van der Waals surface area contributed by atoms with Crippen molar-refractivity contribution in [2.45, 2.75) is 96.3 Å². The van der Waals surface area contributed by atoms with Gasteiger partial charge < -0.3 is 4.90 Å². The second-order valence-corrected chi connectivity index (χ2v) is 13.7. The number of fused-ring (bicyclic) bond motifs is 3. The molecule has 1 fully saturated rings. The second-order valence-electron chi connectivity index (χ2n) is 13.7. The van der Waals surface area contributed by atoms with Crippen LogP contribution in [0.3, 0.4) is 0 Å². The van der Waals surface area contributed by atoms with Crippen LogP contribution >= 0.6 is 0 Å². The largest absolute Gasteiger partial charge is 0.371 e. The monoisotopic (exact) mass is 557 g/mol. The number of unbranched alkanes of at least 4 members (excludes halogenated alkanes) is 1. The standard InChI is InChI=1S/C40H49N2/c1-3-4-24-40(2)37(23-20-31-28-33-17-11-25-41-26-12-18-34(29-31)39(33)41)42(27-10-9-15-30-13-5-6-14-30)36-22-21-32-16-7-8-19-35(32)38(36)40/h3-4,7-8,16,19-23,28-30H,5-6,9-15,17-18,24-27H2,1-2H3/q+1. The minimum Gasteiger partial charge on any atom is -0.371 e. The number of hydrogen-bond donors (Lipinski definition) is 0. The van der Waals surface area contributed by atoms with Gasteiger partial charge in [0.1, 0.15) is 6.54 Å². The molecule has 2 nitrogen and oxygen atoms in total. The van der Waals surface area contributed by atoms with Crippen molar-refractivity contribution in [3.63, 3.8) is 0 Å². The Hall–Kier alpha value is -3.13. The average Bonchev–Trinajstić information content (AvgIpc) is 3.62. The SMILES string of the molecule is CC=CCC1(C)C(C=Cc2cc3c4c(c2)CCCN4CCC3)=[N+](CCCCC2CCCC2)c2ccc3ccccc3c21. The number of allylic oxidation sites excluding steroid dienone is 3. The van der Waals surface area contributed by atoms with Crippen LogP contribution in [0.4, 0.5) is 11.4 Å². The summed E-state index contributed by atoms with van der Waals surface area (Å²) >= 11 is 0. The highest BCUT2D eigenvalue weighted by Crippen LogP contribution is 2.47. The van der Waals surface area contributed by atoms with Gasteiger partial charge in [-0.1, -0.05) is 68.5 Å². The Morgan fingerprint density at radius 3 is 2.43 bits per heavy atom. The summed E-state index contributed by atoms with van der Waals surface area (Å²) in [6.45, 7) is 8.25. The van der Waals surface area contributed by atoms with E-state index >= 15 is 0 Å². The van der Waals surface area contributed by atoms with Gasteiger partial charge in [0, 0.05) is 42.9 Å². The van der Waals surface area contributed by atoms with E-state index in [1.807, 2.05) is 0 Å². The van der Waals surface area contributed by atoms with Crippen LogP contribution in [0, 0.1) is 5.92 Å². The molecule has 0 saturated heterocycles. The summed E-state index contributed by atoms with van der Waals surface area (Å²) in [5.74, 6) is 0.976. The van der Waals surface area contributed by atoms with Gasteiger partial charge in [-0.15, -0.1) is 0 Å². The molecule has 4 aliphatic rings. The molecule has 0 radical (unpaired) electrons. The predicted octanol–water partition coefficient (Wildman–Crippen LogP) is 9.93. The van der Waals surface area contributed by atoms with Crippen molar-refractivity contribution in [3.8, 4) is 0 Å². The molecule has 3 aromatic rings. The van der Waals surface area contributed by atoms with Crippen LogP contribution in [-0.4, -0.2) is 29.9 Å². The highest BCUT2D eigenvalue weighted by atomic mass is 15.1. The average molecular weight is 558 g/mol. The fraction of sp³-hybridized carbons (Fsp3) is 0.475. The van der Waals surface area contributed by atoms with Crippen LogP contribution in [0.5, 0.6) is 0 Å². The normalized spacial score (nSPS) is 22.2. The van der Waals surface area contributed by atoms with Gasteiger partial charge in [0.15, 0.2) is 5.71 Å². The lowest BCUT2D eigenvalue weighted by atomic mass is 9.74. The maximum atomic E-state index is 2.71. The molecule has 0 bridgehead atoms. The number of anilines is 1. The zero-order valence-electron chi connectivity index (χ0n) is 26.0. The zero-order chi connectivity index (χ0) is 28.5. The van der Waals surface area contributed by atoms with E-state index in [4.69, 9.17) is 0 Å². The van der Waals surface area contributed by atoms with Crippen molar-refractivity contribution in [1.29, 1.82) is 0 Å². The van der Waals surface area contributed by atoms with E-state index in [0.29, 0.717) is 0 Å². The molecule has 1 saturated carbocycles. The summed E-state index contributed by atoms with van der Waals surface area (Å²) in [5.41, 5.74) is 10.5. The van der Waals surface area contributed by atoms with Gasteiger partial charge in [0.2, 0.25) is 5.69 Å². The number of rotatable bonds is 9. The number of aryl methyl sites for hydroxylation is 2. The summed E-state index contributed by atoms with van der Waals surface area (Å²) < 4.78 is 2.71. The van der Waals surface area contributed by atoms with Crippen LogP contribution in [0.15, 0.2) is 66.8 Å². The van der Waals surface area contributed by atoms with Crippen LogP contribution < -0.4 is 4.90 Å². The highest BCUT2D eigenvalue weighted by Gasteiger charge is 2.48. The lowest BCUT2D eigenvalue weighted by Gasteiger charge is -2.37. The third-order valence-corrected chi connectivity index (χ3v) is 10.9. The summed E-state index contributed by atoms with van der Waals surface area (Å²) in [5, 5.41) is 2.77. The Bertz CT molecular complexity index is 1520. The molecule has 3 heterocycles. The summed E-state index contributed by atoms with van der Waals surface area (Å²) in [6, 6.07) is 18.8. The lowest BCUT2D eigenvalue weighted by molar-refractivity contribution is -0.438. The van der Waals surface area contributed by atoms with E-state index in [-0.39, 0.29) is 5.41 Å². The summed E-state index contributed by atoms with van der Waals surface area (Å²) in [7, 11) is 0. The molecule has 1 unspecified atom stereocenters. The number of benzene rings is 3. The Labute approximate surface area is 253 Å². The molecule has 218 valence electrons. The first-order valence-corrected chi connectivity index (χ1v) is 17.0. The molecular formula is C40H49N2+. The van der Waals surface area contributed by atoms with Gasteiger partial charge >= 0.3 is 0 Å². The van der Waals surface area contributed by atoms with Gasteiger partial charge in [0.25, 0.3) is 0 Å². The van der Waals surface area contributed by atoms with Crippen LogP contribution in [-0.2, 0) is 18.3 Å². The Morgan fingerprint density at radius 2 is 1.67 bits per heavy atom. The van der Waals surface area contributed by atoms with E-state index in [0.717, 1.165) is 18.9 Å². The van der Waals surface area contributed by atoms with E-state index in [9.17, 15) is 0 Å². The minimum atomic E-state index is -0.0655. The fourth-order valence-corrected chi connectivity index (χ4v) is 8.80. The predicted molar refractivity (Wildman–Crippen MR) is 181 cm³/mol. The molecule has 3 aliphatic heterocycles. The maximum Gasteiger partial charge on any atom is 0.210 e. The Balaban J connectivity index is 1.29. The molecule has 1 atom stereocenters. The van der Waals surface area contributed by atoms with Crippen molar-refractivity contribution in [2.75, 3.05) is 24.5 Å². The topological polar surface area (TPSA) is 6.25 Å². The van der Waals surface area contributed by atoms with Gasteiger partial charge in [-0.2, -0.15) is 4.58 Å². The van der Waals surface area contributed by atoms with Crippen molar-refractivity contribution < 1.29 is 4.58 Å². The first-order valence-electron chi connectivity index (χ1n) is 17.0. The minimum absolute atomic E-state index is 0.0655. The lowest BCUT2D eigenvalue weighted by Crippen LogP contribution is -2.34. The Kier molecular flexibility index (Phi) is 7.82. The van der Waals surface area contributed by atoms with E-state index in [1.54, 1.807) is 16.8 Å². The number of hydrogen-bond acceptors (Lipinski definition) is 1. The summed E-state index contributed by atoms with van der Waals surface area (Å²) in [6.07, 6.45) is 25.5. The molecule has 0 aromatic heterocycles. The Morgan fingerprint density at radius 1 is 0.905 bits per heavy atom. The van der Waals surface area contributed by atoms with Gasteiger partial charge in [-0.05, 0) is 110 Å². The van der Waals surface area contributed by atoms with Crippen molar-refractivity contribution in [1.82, 2.24) is 0 Å². The number of nitrogens with zero attached hydrogens (tertiary/aromatic N) is 2. The molecule has 42 heavy (non-hydrogen) atoms. The molecular weight excluding hydrogens is 508 g/mol. The van der Waals surface area contributed by atoms with Crippen molar-refractivity contribution in [2.24, 2.45) is 5.92 Å². The van der Waals surface area contributed by atoms with Crippen molar-refractivity contribution in [3.05, 3.63) is 89.0 Å². The first kappa shape index (κ1) is 27.7. The van der Waals surface area contributed by atoms with Crippen LogP contribution in [0.2, 0.25) is 0 Å². The highest BCUT2D eigenvalue weighted by molar-refractivity contribution is 6.09. The van der Waals surface area contributed by atoms with E-state index in [2.05, 4.69) is 96.2 Å². The fourth-order valence-electron chi connectivity index (χ4n) is 8.80. The van der Waals surface area contributed by atoms with Gasteiger partial charge in [0.05, 0.1) is 5.41 Å². The van der Waals surface area contributed by atoms with Gasteiger partial charge in [-0.3, -0.25) is 0 Å². The first-order chi connectivity index (χ1) is 20.7. The third kappa shape index (κ3) is 5.06. The molecule has 2 heteroatoms. The molecule has 3 aromatic carbocycles. The molecule has 0 N–H and O–H groups in total. The maximum absolute atomic E-state index is 2.71. The van der Waals surface area contributed by atoms with Crippen LogP contribution in [0.25, 0.3) is 16.8 Å². The molecule has 0 amide bonds. The van der Waals surface area contributed by atoms with E-state index < -0.39 is 0 Å². The second kappa shape index (κ2) is 11.9. The third-order valence-electron chi connectivity index (χ3n) is 10.9. The van der Waals surface area contributed by atoms with Gasteiger partial charge in [-0.25, -0.2) is 0 Å². The smallest absolute Gasteiger partial charge is 0.210 e. The molecule has 0 spiro atoms. The molecule has 7 rings (SSSR count). The van der Waals surface area contributed by atoms with Crippen molar-refractivity contribution >= 4 is 33.9 Å². The van der Waals surface area contributed by atoms with Crippen LogP contribution in [0.1, 0.15) is 100 Å². The van der Waals surface area contributed by atoms with E-state index in [1.165, 1.54) is 117 Å². The summed E-state index contributed by atoms with van der Waals surface area (Å²) in [4.78, 5) is 2.65. The quantitative estimate of drug-likeness (QED) is 0.144.